The normalized spacial score (nSPS) is 12.4. The quantitative estimate of drug-likeness (QED) is 0.846. The van der Waals surface area contributed by atoms with Gasteiger partial charge in [-0.15, -0.1) is 11.3 Å². The lowest BCUT2D eigenvalue weighted by Gasteiger charge is -2.10. The van der Waals surface area contributed by atoms with Gasteiger partial charge in [-0.1, -0.05) is 6.92 Å². The molecule has 0 spiro atoms. The molecule has 3 N–H and O–H groups in total. The van der Waals surface area contributed by atoms with Crippen molar-refractivity contribution in [1.29, 1.82) is 0 Å². The van der Waals surface area contributed by atoms with Crippen LogP contribution in [-0.2, 0) is 11.2 Å². The average molecular weight is 305 g/mol. The van der Waals surface area contributed by atoms with Crippen LogP contribution in [0.1, 0.15) is 18.2 Å². The molecule has 1 aromatic heterocycles. The van der Waals surface area contributed by atoms with E-state index in [9.17, 15) is 4.79 Å². The van der Waals surface area contributed by atoms with Crippen LogP contribution in [0.4, 0.5) is 0 Å². The molecule has 0 saturated heterocycles. The van der Waals surface area contributed by atoms with E-state index in [2.05, 4.69) is 27.3 Å². The van der Waals surface area contributed by atoms with Gasteiger partial charge in [-0.05, 0) is 47.4 Å². The monoisotopic (exact) mass is 304 g/mol. The summed E-state index contributed by atoms with van der Waals surface area (Å²) < 4.78 is 1.13. The van der Waals surface area contributed by atoms with Crippen molar-refractivity contribution >= 4 is 33.2 Å². The SMILES string of the molecule is CC(CCN)C(=O)NCCc1ccc(Br)s1. The third-order valence-electron chi connectivity index (χ3n) is 2.35. The third kappa shape index (κ3) is 4.63. The van der Waals surface area contributed by atoms with Crippen LogP contribution in [0, 0.1) is 5.92 Å². The Morgan fingerprint density at radius 2 is 2.38 bits per heavy atom. The number of halogens is 1. The van der Waals surface area contributed by atoms with E-state index < -0.39 is 0 Å². The van der Waals surface area contributed by atoms with Crippen LogP contribution in [0.5, 0.6) is 0 Å². The first-order valence-electron chi connectivity index (χ1n) is 5.35. The molecule has 0 radical (unpaired) electrons. The number of carbonyl (C=O) groups excluding carboxylic acids is 1. The van der Waals surface area contributed by atoms with E-state index in [1.807, 2.05) is 13.0 Å². The van der Waals surface area contributed by atoms with Gasteiger partial charge in [-0.2, -0.15) is 0 Å². The molecule has 5 heteroatoms. The highest BCUT2D eigenvalue weighted by Gasteiger charge is 2.10. The summed E-state index contributed by atoms with van der Waals surface area (Å²) in [7, 11) is 0. The molecule has 0 bridgehead atoms. The molecule has 1 atom stereocenters. The smallest absolute Gasteiger partial charge is 0.222 e. The summed E-state index contributed by atoms with van der Waals surface area (Å²) in [5.41, 5.74) is 5.41. The lowest BCUT2D eigenvalue weighted by Crippen LogP contribution is -2.31. The molecule has 1 amide bonds. The summed E-state index contributed by atoms with van der Waals surface area (Å²) in [5.74, 6) is 0.112. The van der Waals surface area contributed by atoms with Crippen LogP contribution in [0.2, 0.25) is 0 Å². The van der Waals surface area contributed by atoms with Gasteiger partial charge in [0.1, 0.15) is 0 Å². The maximum absolute atomic E-state index is 11.6. The van der Waals surface area contributed by atoms with Crippen molar-refractivity contribution in [3.63, 3.8) is 0 Å². The van der Waals surface area contributed by atoms with Crippen molar-refractivity contribution in [2.24, 2.45) is 11.7 Å². The second kappa shape index (κ2) is 7.04. The Morgan fingerprint density at radius 1 is 1.62 bits per heavy atom. The molecule has 0 aromatic carbocycles. The Balaban J connectivity index is 2.22. The van der Waals surface area contributed by atoms with Gasteiger partial charge in [0.15, 0.2) is 0 Å². The van der Waals surface area contributed by atoms with Crippen LogP contribution in [-0.4, -0.2) is 19.0 Å². The van der Waals surface area contributed by atoms with Crippen LogP contribution < -0.4 is 11.1 Å². The molecule has 0 aliphatic rings. The Morgan fingerprint density at radius 3 is 2.94 bits per heavy atom. The van der Waals surface area contributed by atoms with E-state index in [1.54, 1.807) is 11.3 Å². The fraction of sp³-hybridized carbons (Fsp3) is 0.545. The highest BCUT2D eigenvalue weighted by molar-refractivity contribution is 9.11. The Hall–Kier alpha value is -0.390. The first-order valence-corrected chi connectivity index (χ1v) is 6.96. The number of rotatable bonds is 6. The largest absolute Gasteiger partial charge is 0.356 e. The van der Waals surface area contributed by atoms with Crippen molar-refractivity contribution in [3.05, 3.63) is 20.8 Å². The van der Waals surface area contributed by atoms with Crippen molar-refractivity contribution in [3.8, 4) is 0 Å². The van der Waals surface area contributed by atoms with Crippen molar-refractivity contribution < 1.29 is 4.79 Å². The maximum atomic E-state index is 11.6. The molecule has 0 saturated carbocycles. The zero-order valence-corrected chi connectivity index (χ0v) is 11.7. The third-order valence-corrected chi connectivity index (χ3v) is 4.03. The Labute approximate surface area is 109 Å². The van der Waals surface area contributed by atoms with Gasteiger partial charge in [0, 0.05) is 17.3 Å². The molecule has 16 heavy (non-hydrogen) atoms. The standard InChI is InChI=1S/C11H17BrN2OS/c1-8(4-6-13)11(15)14-7-5-9-2-3-10(12)16-9/h2-3,8H,4-7,13H2,1H3,(H,14,15). The van der Waals surface area contributed by atoms with Crippen LogP contribution in [0.25, 0.3) is 0 Å². The molecule has 1 heterocycles. The average Bonchev–Trinajstić information content (AvgIpc) is 2.64. The number of nitrogens with two attached hydrogens (primary N) is 1. The minimum atomic E-state index is 0.0140. The molecule has 90 valence electrons. The topological polar surface area (TPSA) is 55.1 Å². The van der Waals surface area contributed by atoms with E-state index in [0.717, 1.165) is 16.6 Å². The number of hydrogen-bond donors (Lipinski definition) is 2. The summed E-state index contributed by atoms with van der Waals surface area (Å²) in [6, 6.07) is 4.10. The number of amides is 1. The zero-order chi connectivity index (χ0) is 12.0. The van der Waals surface area contributed by atoms with Crippen molar-refractivity contribution in [1.82, 2.24) is 5.32 Å². The van der Waals surface area contributed by atoms with Gasteiger partial charge in [0.2, 0.25) is 5.91 Å². The van der Waals surface area contributed by atoms with Gasteiger partial charge in [-0.25, -0.2) is 0 Å². The van der Waals surface area contributed by atoms with E-state index in [0.29, 0.717) is 13.1 Å². The van der Waals surface area contributed by atoms with Gasteiger partial charge >= 0.3 is 0 Å². The minimum absolute atomic E-state index is 0.0140. The first kappa shape index (κ1) is 13.7. The number of carbonyl (C=O) groups is 1. The zero-order valence-electron chi connectivity index (χ0n) is 9.33. The summed E-state index contributed by atoms with van der Waals surface area (Å²) in [4.78, 5) is 12.8. The lowest BCUT2D eigenvalue weighted by molar-refractivity contribution is -0.124. The van der Waals surface area contributed by atoms with Crippen LogP contribution in [0.3, 0.4) is 0 Å². The number of nitrogens with one attached hydrogen (secondary N) is 1. The van der Waals surface area contributed by atoms with E-state index in [-0.39, 0.29) is 11.8 Å². The Kier molecular flexibility index (Phi) is 6.01. The van der Waals surface area contributed by atoms with Gasteiger partial charge < -0.3 is 11.1 Å². The molecule has 0 aliphatic heterocycles. The first-order chi connectivity index (χ1) is 7.63. The summed E-state index contributed by atoms with van der Waals surface area (Å²) in [5, 5.41) is 2.92. The molecule has 0 aliphatic carbocycles. The summed E-state index contributed by atoms with van der Waals surface area (Å²) in [6.07, 6.45) is 1.63. The van der Waals surface area contributed by atoms with E-state index >= 15 is 0 Å². The van der Waals surface area contributed by atoms with Gasteiger partial charge in [0.05, 0.1) is 3.79 Å². The summed E-state index contributed by atoms with van der Waals surface area (Å²) in [6.45, 7) is 3.16. The van der Waals surface area contributed by atoms with Crippen LogP contribution >= 0.6 is 27.3 Å². The Bertz CT molecular complexity index is 340. The second-order valence-corrected chi connectivity index (χ2v) is 6.27. The highest BCUT2D eigenvalue weighted by Crippen LogP contribution is 2.22. The molecular weight excluding hydrogens is 288 g/mol. The van der Waals surface area contributed by atoms with E-state index in [4.69, 9.17) is 5.73 Å². The number of thiophene rings is 1. The van der Waals surface area contributed by atoms with Crippen molar-refractivity contribution in [2.75, 3.05) is 13.1 Å². The maximum Gasteiger partial charge on any atom is 0.222 e. The molecule has 1 rings (SSSR count). The molecule has 0 fully saturated rings. The minimum Gasteiger partial charge on any atom is -0.356 e. The van der Waals surface area contributed by atoms with Crippen molar-refractivity contribution in [2.45, 2.75) is 19.8 Å². The van der Waals surface area contributed by atoms with Gasteiger partial charge in [0.25, 0.3) is 0 Å². The lowest BCUT2D eigenvalue weighted by atomic mass is 10.1. The fourth-order valence-corrected chi connectivity index (χ4v) is 2.83. The van der Waals surface area contributed by atoms with E-state index in [1.165, 1.54) is 4.88 Å². The molecule has 1 unspecified atom stereocenters. The predicted octanol–water partition coefficient (Wildman–Crippen LogP) is 2.15. The molecular formula is C11H17BrN2OS. The second-order valence-electron chi connectivity index (χ2n) is 3.73. The summed E-state index contributed by atoms with van der Waals surface area (Å²) >= 11 is 5.12. The molecule has 1 aromatic rings. The predicted molar refractivity (Wildman–Crippen MR) is 71.6 cm³/mol. The highest BCUT2D eigenvalue weighted by atomic mass is 79.9. The van der Waals surface area contributed by atoms with Crippen LogP contribution in [0.15, 0.2) is 15.9 Å². The van der Waals surface area contributed by atoms with Gasteiger partial charge in [-0.3, -0.25) is 4.79 Å². The number of hydrogen-bond acceptors (Lipinski definition) is 3. The molecule has 3 nitrogen and oxygen atoms in total. The fourth-order valence-electron chi connectivity index (χ4n) is 1.35.